The Bertz CT molecular complexity index is 664. The molecule has 7 heteroatoms. The van der Waals surface area contributed by atoms with E-state index in [9.17, 15) is 9.18 Å². The van der Waals surface area contributed by atoms with Crippen molar-refractivity contribution in [1.82, 2.24) is 15.3 Å². The van der Waals surface area contributed by atoms with Gasteiger partial charge >= 0.3 is 0 Å². The predicted octanol–water partition coefficient (Wildman–Crippen LogP) is 5.77. The largest absolute Gasteiger partial charge is 0.372 e. The van der Waals surface area contributed by atoms with Crippen LogP contribution in [0.5, 0.6) is 0 Å². The molecule has 0 aliphatic heterocycles. The van der Waals surface area contributed by atoms with Crippen molar-refractivity contribution in [3.63, 3.8) is 0 Å². The molecule has 1 aromatic heterocycles. The van der Waals surface area contributed by atoms with Crippen LogP contribution >= 0.6 is 0 Å². The highest BCUT2D eigenvalue weighted by Gasteiger charge is 2.05. The Morgan fingerprint density at radius 2 is 1.56 bits per heavy atom. The maximum absolute atomic E-state index is 12.7. The van der Waals surface area contributed by atoms with Gasteiger partial charge in [-0.25, -0.2) is 14.4 Å². The van der Waals surface area contributed by atoms with E-state index >= 15 is 0 Å². The summed E-state index contributed by atoms with van der Waals surface area (Å²) in [6.07, 6.45) is 10.2. The summed E-state index contributed by atoms with van der Waals surface area (Å²) in [6, 6.07) is 8.59. The van der Waals surface area contributed by atoms with E-state index in [1.165, 1.54) is 18.6 Å². The first-order chi connectivity index (χ1) is 16.6. The number of nitrogens with one attached hydrogen (secondary N) is 1. The van der Waals surface area contributed by atoms with Gasteiger partial charge in [0.2, 0.25) is 6.41 Å². The molecule has 1 unspecified atom stereocenters. The van der Waals surface area contributed by atoms with E-state index in [-0.39, 0.29) is 11.9 Å². The van der Waals surface area contributed by atoms with Gasteiger partial charge in [0.25, 0.3) is 0 Å². The number of aryl methyl sites for hydroxylation is 1. The number of carbonyl (C=O) groups excluding carboxylic acids is 1. The number of amides is 1. The first-order valence-corrected chi connectivity index (χ1v) is 12.7. The van der Waals surface area contributed by atoms with Gasteiger partial charge in [-0.05, 0) is 56.0 Å². The Hall–Kier alpha value is -2.54. The molecule has 6 nitrogen and oxygen atoms in total. The summed E-state index contributed by atoms with van der Waals surface area (Å²) in [6.45, 7) is 15.1. The number of nitrogens with two attached hydrogens (primary N) is 1. The monoisotopic (exact) mass is 477 g/mol. The van der Waals surface area contributed by atoms with Crippen LogP contribution in [0.4, 0.5) is 10.1 Å². The molecule has 0 spiro atoms. The molecule has 0 fully saturated rings. The van der Waals surface area contributed by atoms with Crippen LogP contribution in [0.3, 0.4) is 0 Å². The number of aromatic nitrogens is 2. The van der Waals surface area contributed by atoms with Crippen molar-refractivity contribution in [2.75, 3.05) is 24.5 Å². The molecule has 1 aromatic carbocycles. The third-order valence-electron chi connectivity index (χ3n) is 4.34. The normalized spacial score (nSPS) is 10.2. The fourth-order valence-electron chi connectivity index (χ4n) is 2.89. The van der Waals surface area contributed by atoms with E-state index in [0.29, 0.717) is 13.0 Å². The first-order valence-electron chi connectivity index (χ1n) is 12.7. The molecular weight excluding hydrogens is 429 g/mol. The SMILES string of the molecule is CC.CCC.CCCN(CCC)c1ccc(F)cc1.NCC(CCCc1ncccn1)NC=O. The minimum absolute atomic E-state index is 0.0613. The molecule has 2 aromatic rings. The van der Waals surface area contributed by atoms with E-state index in [0.717, 1.165) is 56.7 Å². The third kappa shape index (κ3) is 18.0. The van der Waals surface area contributed by atoms with Crippen LogP contribution in [-0.4, -0.2) is 42.1 Å². The van der Waals surface area contributed by atoms with Gasteiger partial charge in [0.05, 0.1) is 0 Å². The van der Waals surface area contributed by atoms with E-state index in [1.807, 2.05) is 26.0 Å². The van der Waals surface area contributed by atoms with Crippen LogP contribution in [-0.2, 0) is 11.2 Å². The van der Waals surface area contributed by atoms with E-state index in [1.54, 1.807) is 18.5 Å². The van der Waals surface area contributed by atoms with Gasteiger partial charge < -0.3 is 16.0 Å². The van der Waals surface area contributed by atoms with Gasteiger partial charge in [0.1, 0.15) is 11.6 Å². The highest BCUT2D eigenvalue weighted by atomic mass is 19.1. The van der Waals surface area contributed by atoms with Crippen molar-refractivity contribution < 1.29 is 9.18 Å². The summed E-state index contributed by atoms with van der Waals surface area (Å²) in [5, 5.41) is 2.67. The Morgan fingerprint density at radius 1 is 1.03 bits per heavy atom. The molecule has 2 rings (SSSR count). The molecule has 3 N–H and O–H groups in total. The Morgan fingerprint density at radius 3 is 2.00 bits per heavy atom. The Labute approximate surface area is 207 Å². The quantitative estimate of drug-likeness (QED) is 0.379. The van der Waals surface area contributed by atoms with E-state index in [4.69, 9.17) is 5.73 Å². The van der Waals surface area contributed by atoms with Gasteiger partial charge in [0, 0.05) is 50.2 Å². The summed E-state index contributed by atoms with van der Waals surface area (Å²) >= 11 is 0. The summed E-state index contributed by atoms with van der Waals surface area (Å²) in [7, 11) is 0. The van der Waals surface area contributed by atoms with E-state index < -0.39 is 0 Å². The summed E-state index contributed by atoms with van der Waals surface area (Å²) in [5.41, 5.74) is 6.61. The summed E-state index contributed by atoms with van der Waals surface area (Å²) in [5.74, 6) is 0.668. The van der Waals surface area contributed by atoms with Crippen LogP contribution in [0, 0.1) is 5.82 Å². The van der Waals surface area contributed by atoms with Gasteiger partial charge in [-0.2, -0.15) is 0 Å². The number of carbonyl (C=O) groups is 1. The molecule has 0 bridgehead atoms. The van der Waals surface area contributed by atoms with E-state index in [2.05, 4.69) is 47.9 Å². The second kappa shape index (κ2) is 25.1. The lowest BCUT2D eigenvalue weighted by atomic mass is 10.1. The minimum Gasteiger partial charge on any atom is -0.372 e. The van der Waals surface area contributed by atoms with Gasteiger partial charge in [-0.1, -0.05) is 48.0 Å². The van der Waals surface area contributed by atoms with Crippen LogP contribution < -0.4 is 16.0 Å². The predicted molar refractivity (Wildman–Crippen MR) is 144 cm³/mol. The fourth-order valence-corrected chi connectivity index (χ4v) is 2.89. The number of halogens is 1. The number of nitrogens with zero attached hydrogens (tertiary/aromatic N) is 3. The standard InChI is InChI=1S/C12H18FN.C10H16N4O.C3H8.C2H6/c1-3-9-14(10-4-2)12-7-5-11(13)6-8-12;11-7-9(14-8-15)3-1-4-10-12-5-2-6-13-10;1-3-2;1-2/h5-8H,3-4,9-10H2,1-2H3;2,5-6,8-9H,1,3-4,7,11H2,(H,14,15);3H2,1-2H3;1-2H3. The lowest BCUT2D eigenvalue weighted by molar-refractivity contribution is -0.110. The molecule has 1 heterocycles. The van der Waals surface area contributed by atoms with Gasteiger partial charge in [0.15, 0.2) is 0 Å². The van der Waals surface area contributed by atoms with Crippen molar-refractivity contribution in [2.45, 2.75) is 86.1 Å². The molecule has 0 saturated carbocycles. The summed E-state index contributed by atoms with van der Waals surface area (Å²) in [4.78, 5) is 20.7. The highest BCUT2D eigenvalue weighted by molar-refractivity contribution is 5.46. The maximum atomic E-state index is 12.7. The zero-order valence-electron chi connectivity index (χ0n) is 22.3. The summed E-state index contributed by atoms with van der Waals surface area (Å²) < 4.78 is 12.7. The topological polar surface area (TPSA) is 84.1 Å². The Kier molecular flexibility index (Phi) is 24.8. The van der Waals surface area contributed by atoms with Crippen LogP contribution in [0.15, 0.2) is 42.7 Å². The fraction of sp³-hybridized carbons (Fsp3) is 0.593. The van der Waals surface area contributed by atoms with Gasteiger partial charge in [-0.15, -0.1) is 0 Å². The first kappa shape index (κ1) is 33.6. The molecule has 1 atom stereocenters. The van der Waals surface area contributed by atoms with Gasteiger partial charge in [-0.3, -0.25) is 4.79 Å². The lowest BCUT2D eigenvalue weighted by Crippen LogP contribution is -2.35. The average molecular weight is 478 g/mol. The number of hydrogen-bond donors (Lipinski definition) is 2. The molecule has 1 amide bonds. The molecule has 194 valence electrons. The highest BCUT2D eigenvalue weighted by Crippen LogP contribution is 2.15. The van der Waals surface area contributed by atoms with Crippen molar-refractivity contribution in [1.29, 1.82) is 0 Å². The smallest absolute Gasteiger partial charge is 0.207 e. The third-order valence-corrected chi connectivity index (χ3v) is 4.34. The molecule has 0 aliphatic rings. The maximum Gasteiger partial charge on any atom is 0.207 e. The number of anilines is 1. The zero-order chi connectivity index (χ0) is 26.0. The second-order valence-electron chi connectivity index (χ2n) is 7.44. The van der Waals surface area contributed by atoms with Crippen molar-refractivity contribution in [3.05, 3.63) is 54.4 Å². The van der Waals surface area contributed by atoms with Crippen LogP contribution in [0.2, 0.25) is 0 Å². The molecule has 0 radical (unpaired) electrons. The minimum atomic E-state index is -0.165. The number of hydrogen-bond acceptors (Lipinski definition) is 5. The molecule has 34 heavy (non-hydrogen) atoms. The van der Waals surface area contributed by atoms with Crippen molar-refractivity contribution >= 4 is 12.1 Å². The number of rotatable bonds is 12. The molecular formula is C27H48FN5O. The molecule has 0 saturated heterocycles. The number of benzene rings is 1. The molecule has 0 aliphatic carbocycles. The Balaban J connectivity index is 0. The zero-order valence-corrected chi connectivity index (χ0v) is 22.3. The van der Waals surface area contributed by atoms with Crippen LogP contribution in [0.25, 0.3) is 0 Å². The van der Waals surface area contributed by atoms with Crippen LogP contribution in [0.1, 0.15) is 79.5 Å². The van der Waals surface area contributed by atoms with Crippen molar-refractivity contribution in [2.24, 2.45) is 5.73 Å². The lowest BCUT2D eigenvalue weighted by Gasteiger charge is -2.23. The van der Waals surface area contributed by atoms with Crippen molar-refractivity contribution in [3.8, 4) is 0 Å². The second-order valence-corrected chi connectivity index (χ2v) is 7.44. The average Bonchev–Trinajstić information content (AvgIpc) is 2.87.